The monoisotopic (exact) mass is 300 g/mol. The molecule has 17 heavy (non-hydrogen) atoms. The van der Waals surface area contributed by atoms with Gasteiger partial charge in [0.25, 0.3) is 0 Å². The molecule has 0 heterocycles. The molecule has 1 saturated carbocycles. The Morgan fingerprint density at radius 3 is 2.71 bits per heavy atom. The van der Waals surface area contributed by atoms with Gasteiger partial charge in [0.2, 0.25) is 0 Å². The molecule has 1 fully saturated rings. The van der Waals surface area contributed by atoms with E-state index in [1.807, 2.05) is 12.1 Å². The van der Waals surface area contributed by atoms with Crippen molar-refractivity contribution in [3.05, 3.63) is 22.2 Å². The van der Waals surface area contributed by atoms with Gasteiger partial charge in [0.15, 0.2) is 11.5 Å². The number of rotatable bonds is 6. The lowest BCUT2D eigenvalue weighted by molar-refractivity contribution is 0.279. The fourth-order valence-corrected chi connectivity index (χ4v) is 2.17. The molecular formula is C13H17BrO3. The molecule has 0 aromatic heterocycles. The molecule has 0 atom stereocenters. The molecule has 0 bridgehead atoms. The Bertz CT molecular complexity index is 388. The topological polar surface area (TPSA) is 38.7 Å². The van der Waals surface area contributed by atoms with Crippen LogP contribution in [0.4, 0.5) is 0 Å². The van der Waals surface area contributed by atoms with Gasteiger partial charge in [-0.1, -0.05) is 15.9 Å². The van der Waals surface area contributed by atoms with Gasteiger partial charge >= 0.3 is 0 Å². The molecule has 3 nitrogen and oxygen atoms in total. The predicted octanol–water partition coefficient (Wildman–Crippen LogP) is 2.78. The molecule has 2 rings (SSSR count). The fourth-order valence-electron chi connectivity index (χ4n) is 1.65. The Kier molecular flexibility index (Phi) is 4.29. The lowest BCUT2D eigenvalue weighted by Crippen LogP contribution is -2.02. The van der Waals surface area contributed by atoms with Crippen molar-refractivity contribution >= 4 is 15.9 Å². The van der Waals surface area contributed by atoms with Crippen LogP contribution in [0.1, 0.15) is 18.4 Å². The normalized spacial score (nSPS) is 14.8. The Morgan fingerprint density at radius 1 is 1.35 bits per heavy atom. The summed E-state index contributed by atoms with van der Waals surface area (Å²) in [6, 6.07) is 3.84. The minimum Gasteiger partial charge on any atom is -0.493 e. The largest absolute Gasteiger partial charge is 0.493 e. The van der Waals surface area contributed by atoms with Crippen molar-refractivity contribution in [1.29, 1.82) is 0 Å². The molecule has 0 aliphatic heterocycles. The zero-order valence-corrected chi connectivity index (χ0v) is 11.5. The molecule has 1 aliphatic rings. The first-order chi connectivity index (χ1) is 8.24. The van der Waals surface area contributed by atoms with E-state index >= 15 is 0 Å². The second-order valence-corrected chi connectivity index (χ2v) is 5.18. The molecule has 1 N–H and O–H groups in total. The van der Waals surface area contributed by atoms with Crippen LogP contribution < -0.4 is 9.47 Å². The lowest BCUT2D eigenvalue weighted by Gasteiger charge is -2.13. The molecule has 1 aromatic rings. The number of halogens is 1. The summed E-state index contributed by atoms with van der Waals surface area (Å²) in [6.45, 7) is 0.895. The first-order valence-corrected chi connectivity index (χ1v) is 6.64. The molecule has 0 spiro atoms. The van der Waals surface area contributed by atoms with Gasteiger partial charge in [0, 0.05) is 11.1 Å². The van der Waals surface area contributed by atoms with Crippen LogP contribution in [0.25, 0.3) is 0 Å². The van der Waals surface area contributed by atoms with Crippen molar-refractivity contribution in [2.24, 2.45) is 5.92 Å². The summed E-state index contributed by atoms with van der Waals surface area (Å²) in [7, 11) is 1.63. The van der Waals surface area contributed by atoms with Gasteiger partial charge in [-0.15, -0.1) is 0 Å². The molecule has 0 radical (unpaired) electrons. The zero-order valence-electron chi connectivity index (χ0n) is 9.91. The first kappa shape index (κ1) is 12.7. The number of hydrogen-bond donors (Lipinski definition) is 1. The average Bonchev–Trinajstić information content (AvgIpc) is 3.13. The van der Waals surface area contributed by atoms with E-state index in [0.29, 0.717) is 6.42 Å². The van der Waals surface area contributed by atoms with Crippen LogP contribution in [0, 0.1) is 5.92 Å². The minimum absolute atomic E-state index is 0.129. The highest BCUT2D eigenvalue weighted by atomic mass is 79.9. The van der Waals surface area contributed by atoms with Crippen molar-refractivity contribution in [2.45, 2.75) is 19.3 Å². The van der Waals surface area contributed by atoms with Crippen molar-refractivity contribution in [3.8, 4) is 11.5 Å². The molecule has 0 saturated heterocycles. The smallest absolute Gasteiger partial charge is 0.162 e. The lowest BCUT2D eigenvalue weighted by atomic mass is 10.1. The first-order valence-electron chi connectivity index (χ1n) is 5.84. The summed E-state index contributed by atoms with van der Waals surface area (Å²) in [6.07, 6.45) is 3.15. The van der Waals surface area contributed by atoms with Crippen molar-refractivity contribution < 1.29 is 14.6 Å². The number of aliphatic hydroxyl groups excluding tert-OH is 1. The standard InChI is InChI=1S/C13H17BrO3/c1-16-12-6-10(4-5-15)11(14)7-13(12)17-8-9-2-3-9/h6-7,9,15H,2-5,8H2,1H3. The maximum atomic E-state index is 8.97. The summed E-state index contributed by atoms with van der Waals surface area (Å²) in [4.78, 5) is 0. The number of benzene rings is 1. The number of aliphatic hydroxyl groups is 1. The van der Waals surface area contributed by atoms with Crippen LogP contribution in [-0.2, 0) is 6.42 Å². The summed E-state index contributed by atoms with van der Waals surface area (Å²) < 4.78 is 12.0. The third kappa shape index (κ3) is 3.36. The molecule has 1 aliphatic carbocycles. The highest BCUT2D eigenvalue weighted by Crippen LogP contribution is 2.36. The zero-order chi connectivity index (χ0) is 12.3. The second-order valence-electron chi connectivity index (χ2n) is 4.32. The Morgan fingerprint density at radius 2 is 2.12 bits per heavy atom. The molecular weight excluding hydrogens is 284 g/mol. The maximum Gasteiger partial charge on any atom is 0.162 e. The van der Waals surface area contributed by atoms with E-state index in [1.165, 1.54) is 12.8 Å². The molecule has 1 aromatic carbocycles. The van der Waals surface area contributed by atoms with Gasteiger partial charge in [0.1, 0.15) is 0 Å². The van der Waals surface area contributed by atoms with Crippen LogP contribution in [0.5, 0.6) is 11.5 Å². The van der Waals surface area contributed by atoms with Gasteiger partial charge in [-0.05, 0) is 42.9 Å². The van der Waals surface area contributed by atoms with Crippen LogP contribution in [0.3, 0.4) is 0 Å². The van der Waals surface area contributed by atoms with Crippen LogP contribution >= 0.6 is 15.9 Å². The fraction of sp³-hybridized carbons (Fsp3) is 0.538. The van der Waals surface area contributed by atoms with Gasteiger partial charge in [-0.2, -0.15) is 0 Å². The van der Waals surface area contributed by atoms with Gasteiger partial charge < -0.3 is 14.6 Å². The van der Waals surface area contributed by atoms with E-state index in [0.717, 1.165) is 34.1 Å². The van der Waals surface area contributed by atoms with E-state index in [9.17, 15) is 0 Å². The number of hydrogen-bond acceptors (Lipinski definition) is 3. The molecule has 4 heteroatoms. The number of methoxy groups -OCH3 is 1. The Balaban J connectivity index is 2.14. The van der Waals surface area contributed by atoms with Crippen LogP contribution in [0.2, 0.25) is 0 Å². The Labute approximate surface area is 110 Å². The van der Waals surface area contributed by atoms with Crippen molar-refractivity contribution in [1.82, 2.24) is 0 Å². The highest BCUT2D eigenvalue weighted by Gasteiger charge is 2.22. The van der Waals surface area contributed by atoms with Gasteiger partial charge in [-0.3, -0.25) is 0 Å². The highest BCUT2D eigenvalue weighted by molar-refractivity contribution is 9.10. The summed E-state index contributed by atoms with van der Waals surface area (Å²) in [5.74, 6) is 2.22. The number of ether oxygens (including phenoxy) is 2. The van der Waals surface area contributed by atoms with Crippen LogP contribution in [0.15, 0.2) is 16.6 Å². The predicted molar refractivity (Wildman–Crippen MR) is 69.7 cm³/mol. The quantitative estimate of drug-likeness (QED) is 0.878. The van der Waals surface area contributed by atoms with E-state index in [2.05, 4.69) is 15.9 Å². The summed E-state index contributed by atoms with van der Waals surface area (Å²) in [5, 5.41) is 8.97. The summed E-state index contributed by atoms with van der Waals surface area (Å²) in [5.41, 5.74) is 1.03. The molecule has 94 valence electrons. The summed E-state index contributed by atoms with van der Waals surface area (Å²) >= 11 is 3.49. The average molecular weight is 301 g/mol. The third-order valence-electron chi connectivity index (χ3n) is 2.89. The van der Waals surface area contributed by atoms with Gasteiger partial charge in [-0.25, -0.2) is 0 Å². The van der Waals surface area contributed by atoms with Gasteiger partial charge in [0.05, 0.1) is 13.7 Å². The maximum absolute atomic E-state index is 8.97. The van der Waals surface area contributed by atoms with Crippen molar-refractivity contribution in [2.75, 3.05) is 20.3 Å². The van der Waals surface area contributed by atoms with Crippen LogP contribution in [-0.4, -0.2) is 25.4 Å². The van der Waals surface area contributed by atoms with E-state index < -0.39 is 0 Å². The second kappa shape index (κ2) is 5.74. The van der Waals surface area contributed by atoms with E-state index in [4.69, 9.17) is 14.6 Å². The SMILES string of the molecule is COc1cc(CCO)c(Br)cc1OCC1CC1. The van der Waals surface area contributed by atoms with E-state index in [-0.39, 0.29) is 6.61 Å². The molecule has 0 amide bonds. The Hall–Kier alpha value is -0.740. The van der Waals surface area contributed by atoms with Crippen molar-refractivity contribution in [3.63, 3.8) is 0 Å². The third-order valence-corrected chi connectivity index (χ3v) is 3.62. The molecule has 0 unspecified atom stereocenters. The van der Waals surface area contributed by atoms with E-state index in [1.54, 1.807) is 7.11 Å². The minimum atomic E-state index is 0.129.